The number of fused-ring (bicyclic) bond motifs is 2. The molecule has 0 spiro atoms. The lowest BCUT2D eigenvalue weighted by molar-refractivity contribution is -0.131. The Morgan fingerprint density at radius 3 is 2.71 bits per heavy atom. The van der Waals surface area contributed by atoms with E-state index in [1.54, 1.807) is 11.0 Å². The Morgan fingerprint density at radius 1 is 1.11 bits per heavy atom. The molecule has 144 valence electrons. The first-order valence-corrected chi connectivity index (χ1v) is 10.0. The van der Waals surface area contributed by atoms with Crippen LogP contribution < -0.4 is 5.56 Å². The number of benzene rings is 2. The molecule has 0 saturated carbocycles. The summed E-state index contributed by atoms with van der Waals surface area (Å²) >= 11 is 0. The van der Waals surface area contributed by atoms with Crippen LogP contribution in [-0.4, -0.2) is 27.3 Å². The van der Waals surface area contributed by atoms with Gasteiger partial charge in [-0.1, -0.05) is 30.3 Å². The van der Waals surface area contributed by atoms with Crippen molar-refractivity contribution in [3.05, 3.63) is 75.3 Å². The van der Waals surface area contributed by atoms with Crippen LogP contribution in [0.4, 0.5) is 0 Å². The number of nitrogens with zero attached hydrogens (tertiary/aromatic N) is 2. The highest BCUT2D eigenvalue weighted by molar-refractivity contribution is 5.79. The lowest BCUT2D eigenvalue weighted by atomic mass is 9.90. The maximum atomic E-state index is 12.9. The topological polar surface area (TPSA) is 66.1 Å². The monoisotopic (exact) mass is 375 g/mol. The molecule has 0 saturated heterocycles. The molecule has 5 nitrogen and oxygen atoms in total. The highest BCUT2D eigenvalue weighted by Gasteiger charge is 2.16. The van der Waals surface area contributed by atoms with Crippen LogP contribution in [0.2, 0.25) is 0 Å². The molecule has 1 aliphatic carbocycles. The summed E-state index contributed by atoms with van der Waals surface area (Å²) in [7, 11) is 0. The Bertz CT molecular complexity index is 1070. The number of aryl methyl sites for hydroxylation is 2. The van der Waals surface area contributed by atoms with Gasteiger partial charge >= 0.3 is 0 Å². The van der Waals surface area contributed by atoms with E-state index in [9.17, 15) is 9.59 Å². The van der Waals surface area contributed by atoms with Gasteiger partial charge < -0.3 is 9.88 Å². The second-order valence-corrected chi connectivity index (χ2v) is 7.42. The van der Waals surface area contributed by atoms with Crippen LogP contribution in [-0.2, 0) is 30.6 Å². The molecule has 1 heterocycles. The molecule has 0 aliphatic heterocycles. The van der Waals surface area contributed by atoms with Gasteiger partial charge in [-0.2, -0.15) is 0 Å². The van der Waals surface area contributed by atoms with E-state index in [0.717, 1.165) is 18.4 Å². The van der Waals surface area contributed by atoms with Crippen LogP contribution in [0.1, 0.15) is 42.3 Å². The fourth-order valence-electron chi connectivity index (χ4n) is 3.95. The summed E-state index contributed by atoms with van der Waals surface area (Å²) in [4.78, 5) is 34.2. The Labute approximate surface area is 164 Å². The number of nitrogens with one attached hydrogen (secondary N) is 1. The third-order valence-electron chi connectivity index (χ3n) is 5.51. The van der Waals surface area contributed by atoms with Crippen molar-refractivity contribution in [3.63, 3.8) is 0 Å². The predicted molar refractivity (Wildman–Crippen MR) is 110 cm³/mol. The Balaban J connectivity index is 1.51. The first-order chi connectivity index (χ1) is 13.6. The summed E-state index contributed by atoms with van der Waals surface area (Å²) in [6.45, 7) is 2.82. The number of aromatic nitrogens is 2. The molecular formula is C23H25N3O2. The smallest absolute Gasteiger partial charge is 0.258 e. The third kappa shape index (κ3) is 3.84. The van der Waals surface area contributed by atoms with E-state index in [1.165, 1.54) is 24.0 Å². The molecule has 0 fully saturated rings. The Morgan fingerprint density at radius 2 is 1.89 bits per heavy atom. The van der Waals surface area contributed by atoms with Gasteiger partial charge in [-0.05, 0) is 61.4 Å². The van der Waals surface area contributed by atoms with Gasteiger partial charge in [0.25, 0.3) is 5.56 Å². The number of hydrogen-bond donors (Lipinski definition) is 1. The van der Waals surface area contributed by atoms with Gasteiger partial charge in [-0.25, -0.2) is 4.98 Å². The number of carbonyl (C=O) groups is 1. The zero-order valence-electron chi connectivity index (χ0n) is 16.2. The van der Waals surface area contributed by atoms with Crippen molar-refractivity contribution < 1.29 is 4.79 Å². The van der Waals surface area contributed by atoms with E-state index < -0.39 is 0 Å². The van der Waals surface area contributed by atoms with E-state index >= 15 is 0 Å². The molecule has 1 aromatic heterocycles. The first kappa shape index (κ1) is 18.4. The minimum Gasteiger partial charge on any atom is -0.335 e. The molecule has 1 N–H and O–H groups in total. The minimum atomic E-state index is -0.168. The number of para-hydroxylation sites is 1. The van der Waals surface area contributed by atoms with Crippen LogP contribution in [0.5, 0.6) is 0 Å². The maximum absolute atomic E-state index is 12.9. The molecule has 4 rings (SSSR count). The van der Waals surface area contributed by atoms with Crippen molar-refractivity contribution in [2.45, 2.75) is 45.6 Å². The van der Waals surface area contributed by atoms with Gasteiger partial charge in [-0.3, -0.25) is 9.59 Å². The maximum Gasteiger partial charge on any atom is 0.258 e. The molecule has 3 aromatic rings. The standard InChI is InChI=1S/C23H25N3O2/c1-2-26(15-21-24-20-10-6-5-9-19(20)23(28)25-21)22(27)14-16-11-12-17-7-3-4-8-18(17)13-16/h5-6,9-13H,2-4,7-8,14-15H2,1H3,(H,24,25,28). The lowest BCUT2D eigenvalue weighted by Gasteiger charge is -2.21. The largest absolute Gasteiger partial charge is 0.335 e. The normalized spacial score (nSPS) is 13.3. The van der Waals surface area contributed by atoms with Gasteiger partial charge in [0.2, 0.25) is 5.91 Å². The molecule has 0 bridgehead atoms. The number of carbonyl (C=O) groups excluding carboxylic acids is 1. The summed E-state index contributed by atoms with van der Waals surface area (Å²) in [6.07, 6.45) is 5.11. The van der Waals surface area contributed by atoms with Crippen LogP contribution >= 0.6 is 0 Å². The average Bonchev–Trinajstić information content (AvgIpc) is 2.72. The van der Waals surface area contributed by atoms with Crippen LogP contribution in [0.15, 0.2) is 47.3 Å². The SMILES string of the molecule is CCN(Cc1nc2ccccc2c(=O)[nH]1)C(=O)Cc1ccc2c(c1)CCCC2. The van der Waals surface area contributed by atoms with Crippen molar-refractivity contribution in [1.82, 2.24) is 14.9 Å². The van der Waals surface area contributed by atoms with Gasteiger partial charge in [0.1, 0.15) is 5.82 Å². The number of amides is 1. The van der Waals surface area contributed by atoms with E-state index in [2.05, 4.69) is 28.2 Å². The molecule has 1 amide bonds. The molecule has 28 heavy (non-hydrogen) atoms. The minimum absolute atomic E-state index is 0.0501. The molecule has 1 aliphatic rings. The van der Waals surface area contributed by atoms with Crippen LogP contribution in [0.3, 0.4) is 0 Å². The van der Waals surface area contributed by atoms with Gasteiger partial charge in [0.05, 0.1) is 23.9 Å². The van der Waals surface area contributed by atoms with E-state index in [4.69, 9.17) is 0 Å². The molecule has 2 aromatic carbocycles. The highest BCUT2D eigenvalue weighted by Crippen LogP contribution is 2.22. The number of H-pyrrole nitrogens is 1. The van der Waals surface area contributed by atoms with Crippen molar-refractivity contribution in [2.75, 3.05) is 6.54 Å². The van der Waals surface area contributed by atoms with E-state index in [0.29, 0.717) is 36.2 Å². The summed E-state index contributed by atoms with van der Waals surface area (Å²) < 4.78 is 0. The second-order valence-electron chi connectivity index (χ2n) is 7.42. The summed E-state index contributed by atoms with van der Waals surface area (Å²) in [5.41, 5.74) is 4.36. The number of rotatable bonds is 5. The van der Waals surface area contributed by atoms with Crippen molar-refractivity contribution in [3.8, 4) is 0 Å². The summed E-state index contributed by atoms with van der Waals surface area (Å²) in [5.74, 6) is 0.568. The third-order valence-corrected chi connectivity index (χ3v) is 5.51. The van der Waals surface area contributed by atoms with E-state index in [1.807, 2.05) is 25.1 Å². The Kier molecular flexibility index (Phi) is 5.24. The van der Waals surface area contributed by atoms with Gasteiger partial charge in [0, 0.05) is 6.54 Å². The fourth-order valence-corrected chi connectivity index (χ4v) is 3.95. The summed E-state index contributed by atoms with van der Waals surface area (Å²) in [5, 5.41) is 0.565. The number of likely N-dealkylation sites (N-methyl/N-ethyl adjacent to an activating group) is 1. The molecular weight excluding hydrogens is 350 g/mol. The van der Waals surface area contributed by atoms with E-state index in [-0.39, 0.29) is 11.5 Å². The van der Waals surface area contributed by atoms with Gasteiger partial charge in [0.15, 0.2) is 0 Å². The Hall–Kier alpha value is -2.95. The van der Waals surface area contributed by atoms with Crippen molar-refractivity contribution in [2.24, 2.45) is 0 Å². The lowest BCUT2D eigenvalue weighted by Crippen LogP contribution is -2.33. The van der Waals surface area contributed by atoms with Gasteiger partial charge in [-0.15, -0.1) is 0 Å². The number of aromatic amines is 1. The highest BCUT2D eigenvalue weighted by atomic mass is 16.2. The molecule has 0 atom stereocenters. The zero-order chi connectivity index (χ0) is 19.5. The van der Waals surface area contributed by atoms with Crippen LogP contribution in [0, 0.1) is 0 Å². The molecule has 0 unspecified atom stereocenters. The quantitative estimate of drug-likeness (QED) is 0.743. The average molecular weight is 375 g/mol. The molecule has 0 radical (unpaired) electrons. The summed E-state index contributed by atoms with van der Waals surface area (Å²) in [6, 6.07) is 13.7. The number of hydrogen-bond acceptors (Lipinski definition) is 3. The van der Waals surface area contributed by atoms with Crippen molar-refractivity contribution in [1.29, 1.82) is 0 Å². The van der Waals surface area contributed by atoms with Crippen molar-refractivity contribution >= 4 is 16.8 Å². The molecule has 5 heteroatoms. The second kappa shape index (κ2) is 7.97. The fraction of sp³-hybridized carbons (Fsp3) is 0.348. The van der Waals surface area contributed by atoms with Crippen LogP contribution in [0.25, 0.3) is 10.9 Å². The first-order valence-electron chi connectivity index (χ1n) is 10.0. The predicted octanol–water partition coefficient (Wildman–Crippen LogP) is 3.39. The zero-order valence-corrected chi connectivity index (χ0v) is 16.2.